The highest BCUT2D eigenvalue weighted by molar-refractivity contribution is 7.15. The summed E-state index contributed by atoms with van der Waals surface area (Å²) in [5.41, 5.74) is 7.77. The second kappa shape index (κ2) is 3.42. The van der Waals surface area contributed by atoms with Crippen LogP contribution in [0.1, 0.15) is 17.5 Å². The molecule has 74 valence electrons. The summed E-state index contributed by atoms with van der Waals surface area (Å²) in [6.07, 6.45) is 2.67. The van der Waals surface area contributed by atoms with Gasteiger partial charge in [0.2, 0.25) is 0 Å². The van der Waals surface area contributed by atoms with Gasteiger partial charge in [-0.2, -0.15) is 5.10 Å². The van der Waals surface area contributed by atoms with E-state index in [1.807, 2.05) is 0 Å². The van der Waals surface area contributed by atoms with Crippen LogP contribution in [0.3, 0.4) is 0 Å². The number of nitrogens with zero attached hydrogens (tertiary/aromatic N) is 2. The fraction of sp³-hybridized carbons (Fsp3) is 0.333. The van der Waals surface area contributed by atoms with Crippen molar-refractivity contribution in [2.24, 2.45) is 0 Å². The number of nitrogen functional groups attached to an aromatic ring is 1. The minimum atomic E-state index is 0.585. The van der Waals surface area contributed by atoms with Crippen LogP contribution < -0.4 is 5.73 Å². The fourth-order valence-electron chi connectivity index (χ4n) is 1.34. The summed E-state index contributed by atoms with van der Waals surface area (Å²) in [4.78, 5) is 5.76. The van der Waals surface area contributed by atoms with Crippen molar-refractivity contribution in [1.29, 1.82) is 0 Å². The largest absolute Gasteiger partial charge is 0.383 e. The van der Waals surface area contributed by atoms with Crippen LogP contribution in [0.5, 0.6) is 0 Å². The van der Waals surface area contributed by atoms with Gasteiger partial charge in [0, 0.05) is 4.88 Å². The Kier molecular flexibility index (Phi) is 2.25. The number of nitrogens with one attached hydrogen (secondary N) is 1. The smallest absolute Gasteiger partial charge is 0.129 e. The van der Waals surface area contributed by atoms with Crippen molar-refractivity contribution in [2.45, 2.75) is 20.3 Å². The molecule has 0 saturated carbocycles. The lowest BCUT2D eigenvalue weighted by molar-refractivity contribution is 1.05. The van der Waals surface area contributed by atoms with Gasteiger partial charge in [-0.15, -0.1) is 11.3 Å². The van der Waals surface area contributed by atoms with E-state index in [0.717, 1.165) is 22.7 Å². The van der Waals surface area contributed by atoms with Gasteiger partial charge in [0.1, 0.15) is 10.8 Å². The van der Waals surface area contributed by atoms with Gasteiger partial charge in [0.25, 0.3) is 0 Å². The standard InChI is InChI=1S/C9H12N4S/c1-3-7-5(2)14-9(12-7)6-4-11-13-8(6)10/h4H,3H2,1-2H3,(H3,10,11,13). The third kappa shape index (κ3) is 1.39. The van der Waals surface area contributed by atoms with Crippen LogP contribution in [0.2, 0.25) is 0 Å². The Morgan fingerprint density at radius 2 is 2.36 bits per heavy atom. The first-order valence-electron chi connectivity index (χ1n) is 4.48. The molecule has 0 radical (unpaired) electrons. The van der Waals surface area contributed by atoms with Gasteiger partial charge in [0.05, 0.1) is 17.5 Å². The van der Waals surface area contributed by atoms with Gasteiger partial charge in [0.15, 0.2) is 0 Å². The molecule has 2 aromatic heterocycles. The van der Waals surface area contributed by atoms with Crippen molar-refractivity contribution in [1.82, 2.24) is 15.2 Å². The SMILES string of the molecule is CCc1nc(-c2cn[nH]c2N)sc1C. The molecule has 4 nitrogen and oxygen atoms in total. The van der Waals surface area contributed by atoms with E-state index in [1.165, 1.54) is 4.88 Å². The minimum Gasteiger partial charge on any atom is -0.383 e. The number of hydrogen-bond acceptors (Lipinski definition) is 4. The highest BCUT2D eigenvalue weighted by Gasteiger charge is 2.11. The molecule has 3 N–H and O–H groups in total. The summed E-state index contributed by atoms with van der Waals surface area (Å²) in [5.74, 6) is 0.585. The fourth-order valence-corrected chi connectivity index (χ4v) is 2.36. The quantitative estimate of drug-likeness (QED) is 0.793. The molecule has 2 aromatic rings. The zero-order valence-electron chi connectivity index (χ0n) is 8.16. The molecule has 0 fully saturated rings. The third-order valence-electron chi connectivity index (χ3n) is 2.13. The van der Waals surface area contributed by atoms with Crippen LogP contribution in [-0.4, -0.2) is 15.2 Å². The van der Waals surface area contributed by atoms with Crippen molar-refractivity contribution in [3.05, 3.63) is 16.8 Å². The molecule has 0 aliphatic carbocycles. The molecule has 0 amide bonds. The lowest BCUT2D eigenvalue weighted by atomic mass is 10.3. The topological polar surface area (TPSA) is 67.6 Å². The maximum Gasteiger partial charge on any atom is 0.129 e. The van der Waals surface area contributed by atoms with E-state index in [0.29, 0.717) is 5.82 Å². The Bertz CT molecular complexity index is 443. The number of aryl methyl sites for hydroxylation is 2. The van der Waals surface area contributed by atoms with Crippen LogP contribution >= 0.6 is 11.3 Å². The first-order valence-corrected chi connectivity index (χ1v) is 5.29. The Hall–Kier alpha value is -1.36. The highest BCUT2D eigenvalue weighted by Crippen LogP contribution is 2.30. The number of hydrogen-bond donors (Lipinski definition) is 2. The van der Waals surface area contributed by atoms with Crippen molar-refractivity contribution in [2.75, 3.05) is 5.73 Å². The van der Waals surface area contributed by atoms with E-state index in [1.54, 1.807) is 17.5 Å². The van der Waals surface area contributed by atoms with E-state index in [-0.39, 0.29) is 0 Å². The average molecular weight is 208 g/mol. The molecule has 0 aliphatic rings. The molecule has 2 rings (SSSR count). The molecule has 0 aromatic carbocycles. The number of nitrogens with two attached hydrogens (primary N) is 1. The second-order valence-corrected chi connectivity index (χ2v) is 4.28. The summed E-state index contributed by atoms with van der Waals surface area (Å²) >= 11 is 1.66. The summed E-state index contributed by atoms with van der Waals surface area (Å²) in [5, 5.41) is 7.54. The second-order valence-electron chi connectivity index (χ2n) is 3.07. The predicted molar refractivity (Wildman–Crippen MR) is 58.2 cm³/mol. The van der Waals surface area contributed by atoms with E-state index in [4.69, 9.17) is 5.73 Å². The molecule has 14 heavy (non-hydrogen) atoms. The predicted octanol–water partition coefficient (Wildman–Crippen LogP) is 1.99. The normalized spacial score (nSPS) is 10.7. The maximum absolute atomic E-state index is 5.72. The molecule has 0 spiro atoms. The van der Waals surface area contributed by atoms with Crippen LogP contribution in [0.4, 0.5) is 5.82 Å². The van der Waals surface area contributed by atoms with E-state index in [9.17, 15) is 0 Å². The van der Waals surface area contributed by atoms with Gasteiger partial charge in [-0.05, 0) is 13.3 Å². The van der Waals surface area contributed by atoms with Crippen LogP contribution in [-0.2, 0) is 6.42 Å². The summed E-state index contributed by atoms with van der Waals surface area (Å²) < 4.78 is 0. The number of thiazole rings is 1. The Morgan fingerprint density at radius 3 is 2.86 bits per heavy atom. The maximum atomic E-state index is 5.72. The van der Waals surface area contributed by atoms with Crippen molar-refractivity contribution >= 4 is 17.2 Å². The van der Waals surface area contributed by atoms with Crippen LogP contribution in [0.25, 0.3) is 10.6 Å². The summed E-state index contributed by atoms with van der Waals surface area (Å²) in [6, 6.07) is 0. The van der Waals surface area contributed by atoms with Gasteiger partial charge in [-0.1, -0.05) is 6.92 Å². The summed E-state index contributed by atoms with van der Waals surface area (Å²) in [6.45, 7) is 4.18. The van der Waals surface area contributed by atoms with Gasteiger partial charge in [-0.25, -0.2) is 4.98 Å². The molecular weight excluding hydrogens is 196 g/mol. The zero-order chi connectivity index (χ0) is 10.1. The molecule has 5 heteroatoms. The Labute approximate surface area is 86.2 Å². The lowest BCUT2D eigenvalue weighted by Gasteiger charge is -1.90. The molecule has 0 atom stereocenters. The molecule has 2 heterocycles. The number of aromatic amines is 1. The summed E-state index contributed by atoms with van der Waals surface area (Å²) in [7, 11) is 0. The molecule has 0 aliphatic heterocycles. The molecule has 0 bridgehead atoms. The number of rotatable bonds is 2. The van der Waals surface area contributed by atoms with Gasteiger partial charge < -0.3 is 5.73 Å². The number of aromatic nitrogens is 3. The number of anilines is 1. The lowest BCUT2D eigenvalue weighted by Crippen LogP contribution is -1.87. The van der Waals surface area contributed by atoms with E-state index in [2.05, 4.69) is 29.0 Å². The third-order valence-corrected chi connectivity index (χ3v) is 3.17. The Morgan fingerprint density at radius 1 is 1.57 bits per heavy atom. The van der Waals surface area contributed by atoms with Crippen molar-refractivity contribution in [3.8, 4) is 10.6 Å². The zero-order valence-corrected chi connectivity index (χ0v) is 8.98. The molecular formula is C9H12N4S. The van der Waals surface area contributed by atoms with E-state index >= 15 is 0 Å². The monoisotopic (exact) mass is 208 g/mol. The average Bonchev–Trinajstić information content (AvgIpc) is 2.71. The first-order chi connectivity index (χ1) is 6.72. The molecule has 0 saturated heterocycles. The van der Waals surface area contributed by atoms with Gasteiger partial charge in [-0.3, -0.25) is 5.10 Å². The highest BCUT2D eigenvalue weighted by atomic mass is 32.1. The van der Waals surface area contributed by atoms with Gasteiger partial charge >= 0.3 is 0 Å². The number of H-pyrrole nitrogens is 1. The van der Waals surface area contributed by atoms with Crippen LogP contribution in [0, 0.1) is 6.92 Å². The van der Waals surface area contributed by atoms with E-state index < -0.39 is 0 Å². The van der Waals surface area contributed by atoms with Crippen molar-refractivity contribution in [3.63, 3.8) is 0 Å². The minimum absolute atomic E-state index is 0.585. The first kappa shape index (κ1) is 9.21. The van der Waals surface area contributed by atoms with Crippen LogP contribution in [0.15, 0.2) is 6.20 Å². The van der Waals surface area contributed by atoms with Crippen molar-refractivity contribution < 1.29 is 0 Å². The molecule has 0 unspecified atom stereocenters. The Balaban J connectivity index is 2.47.